The van der Waals surface area contributed by atoms with Gasteiger partial charge in [-0.15, -0.1) is 0 Å². The van der Waals surface area contributed by atoms with Gasteiger partial charge in [0.15, 0.2) is 0 Å². The lowest BCUT2D eigenvalue weighted by atomic mass is 10.3. The number of hydrogen-bond donors (Lipinski definition) is 0. The predicted molar refractivity (Wildman–Crippen MR) is 40.2 cm³/mol. The fraction of sp³-hybridized carbons (Fsp3) is 0.667. The van der Waals surface area contributed by atoms with Crippen LogP contribution >= 0.6 is 0 Å². The molecule has 0 aromatic carbocycles. The lowest BCUT2D eigenvalue weighted by molar-refractivity contribution is 0.209. The fourth-order valence-corrected chi connectivity index (χ4v) is 0.406. The monoisotopic (exact) mass is 144 g/mol. The molecule has 4 nitrogen and oxygen atoms in total. The molecule has 0 radical (unpaired) electrons. The molecule has 0 rings (SSSR count). The molecule has 0 spiro atoms. The molecule has 0 atom stereocenters. The first-order chi connectivity index (χ1) is 4.72. The van der Waals surface area contributed by atoms with E-state index in [-0.39, 0.29) is 0 Å². The van der Waals surface area contributed by atoms with Gasteiger partial charge in [0.2, 0.25) is 0 Å². The summed E-state index contributed by atoms with van der Waals surface area (Å²) in [7, 11) is 2.98. The van der Waals surface area contributed by atoms with Crippen LogP contribution < -0.4 is 0 Å². The Bertz CT molecular complexity index is 134. The van der Waals surface area contributed by atoms with Crippen LogP contribution in [0, 0.1) is 0 Å². The van der Waals surface area contributed by atoms with Crippen molar-refractivity contribution >= 4 is 11.4 Å². The van der Waals surface area contributed by atoms with E-state index in [9.17, 15) is 0 Å². The maximum Gasteiger partial charge on any atom is 0.106 e. The minimum atomic E-state index is 0.712. The molecule has 58 valence electrons. The normalized spacial score (nSPS) is 13.2. The van der Waals surface area contributed by atoms with E-state index in [1.54, 1.807) is 13.8 Å². The van der Waals surface area contributed by atoms with Crippen molar-refractivity contribution in [2.75, 3.05) is 14.2 Å². The highest BCUT2D eigenvalue weighted by Gasteiger charge is 1.95. The zero-order valence-corrected chi connectivity index (χ0v) is 6.71. The summed E-state index contributed by atoms with van der Waals surface area (Å²) in [6.07, 6.45) is 0. The van der Waals surface area contributed by atoms with E-state index >= 15 is 0 Å². The number of nitrogens with zero attached hydrogens (tertiary/aromatic N) is 2. The van der Waals surface area contributed by atoms with Crippen molar-refractivity contribution < 1.29 is 9.68 Å². The first kappa shape index (κ1) is 8.94. The molecule has 0 unspecified atom stereocenters. The number of oxime groups is 2. The highest BCUT2D eigenvalue weighted by atomic mass is 16.6. The van der Waals surface area contributed by atoms with Crippen LogP contribution in [-0.4, -0.2) is 25.6 Å². The molecule has 0 bridgehead atoms. The van der Waals surface area contributed by atoms with Crippen LogP contribution in [0.3, 0.4) is 0 Å². The van der Waals surface area contributed by atoms with Crippen LogP contribution in [0.15, 0.2) is 10.3 Å². The van der Waals surface area contributed by atoms with Gasteiger partial charge < -0.3 is 9.68 Å². The zero-order valence-electron chi connectivity index (χ0n) is 6.71. The summed E-state index contributed by atoms with van der Waals surface area (Å²) in [5.74, 6) is 0. The minimum absolute atomic E-state index is 0.712. The van der Waals surface area contributed by atoms with Gasteiger partial charge in [-0.25, -0.2) is 0 Å². The highest BCUT2D eigenvalue weighted by molar-refractivity contribution is 6.40. The van der Waals surface area contributed by atoms with E-state index in [2.05, 4.69) is 20.0 Å². The smallest absolute Gasteiger partial charge is 0.106 e. The van der Waals surface area contributed by atoms with Crippen molar-refractivity contribution in [1.82, 2.24) is 0 Å². The minimum Gasteiger partial charge on any atom is -0.399 e. The molecule has 0 heterocycles. The molecule has 0 fully saturated rings. The van der Waals surface area contributed by atoms with Crippen LogP contribution in [0.5, 0.6) is 0 Å². The second-order valence-corrected chi connectivity index (χ2v) is 1.72. The van der Waals surface area contributed by atoms with Gasteiger partial charge in [-0.1, -0.05) is 10.3 Å². The average Bonchev–Trinajstić information content (AvgIpc) is 1.89. The molecule has 10 heavy (non-hydrogen) atoms. The van der Waals surface area contributed by atoms with Gasteiger partial charge in [0.25, 0.3) is 0 Å². The lowest BCUT2D eigenvalue weighted by Gasteiger charge is -1.95. The van der Waals surface area contributed by atoms with E-state index in [4.69, 9.17) is 0 Å². The largest absolute Gasteiger partial charge is 0.399 e. The summed E-state index contributed by atoms with van der Waals surface area (Å²) >= 11 is 0. The van der Waals surface area contributed by atoms with E-state index in [1.807, 2.05) is 0 Å². The molecule has 0 amide bonds. The van der Waals surface area contributed by atoms with Gasteiger partial charge in [-0.05, 0) is 13.8 Å². The molecule has 0 aliphatic carbocycles. The lowest BCUT2D eigenvalue weighted by Crippen LogP contribution is -2.05. The molecule has 0 N–H and O–H groups in total. The van der Waals surface area contributed by atoms with E-state index in [1.165, 1.54) is 14.2 Å². The van der Waals surface area contributed by atoms with Crippen LogP contribution in [0.25, 0.3) is 0 Å². The summed E-state index contributed by atoms with van der Waals surface area (Å²) < 4.78 is 0. The first-order valence-electron chi connectivity index (χ1n) is 2.88. The third kappa shape index (κ3) is 3.06. The quantitative estimate of drug-likeness (QED) is 0.438. The van der Waals surface area contributed by atoms with E-state index in [0.29, 0.717) is 11.4 Å². The van der Waals surface area contributed by atoms with Crippen molar-refractivity contribution in [3.05, 3.63) is 0 Å². The van der Waals surface area contributed by atoms with Gasteiger partial charge in [0.05, 0.1) is 0 Å². The fourth-order valence-electron chi connectivity index (χ4n) is 0.406. The second kappa shape index (κ2) is 4.78. The highest BCUT2D eigenvalue weighted by Crippen LogP contribution is 1.84. The van der Waals surface area contributed by atoms with Gasteiger partial charge in [0.1, 0.15) is 25.6 Å². The molecular formula is C6H12N2O2. The summed E-state index contributed by atoms with van der Waals surface area (Å²) in [5, 5.41) is 7.30. The van der Waals surface area contributed by atoms with Gasteiger partial charge in [0, 0.05) is 0 Å². The average molecular weight is 144 g/mol. The van der Waals surface area contributed by atoms with Crippen molar-refractivity contribution in [1.29, 1.82) is 0 Å². The van der Waals surface area contributed by atoms with Crippen LogP contribution in [0.1, 0.15) is 13.8 Å². The summed E-state index contributed by atoms with van der Waals surface area (Å²) in [5.41, 5.74) is 1.42. The molecule has 0 saturated carbocycles. The van der Waals surface area contributed by atoms with E-state index < -0.39 is 0 Å². The summed E-state index contributed by atoms with van der Waals surface area (Å²) in [4.78, 5) is 9.05. The predicted octanol–water partition coefficient (Wildman–Crippen LogP) is 1.03. The van der Waals surface area contributed by atoms with Crippen molar-refractivity contribution in [2.24, 2.45) is 10.3 Å². The Morgan fingerprint density at radius 1 is 0.900 bits per heavy atom. The SMILES string of the molecule is CO/N=C(C)/C(C)=N/OC. The van der Waals surface area contributed by atoms with Crippen molar-refractivity contribution in [2.45, 2.75) is 13.8 Å². The van der Waals surface area contributed by atoms with Crippen molar-refractivity contribution in [3.8, 4) is 0 Å². The Labute approximate surface area is 60.5 Å². The first-order valence-corrected chi connectivity index (χ1v) is 2.88. The second-order valence-electron chi connectivity index (χ2n) is 1.72. The molecule has 0 aliphatic heterocycles. The van der Waals surface area contributed by atoms with Crippen LogP contribution in [-0.2, 0) is 9.68 Å². The third-order valence-corrected chi connectivity index (χ3v) is 0.980. The topological polar surface area (TPSA) is 43.2 Å². The Morgan fingerprint density at radius 2 is 1.20 bits per heavy atom. The Hall–Kier alpha value is -1.06. The number of rotatable bonds is 3. The van der Waals surface area contributed by atoms with Gasteiger partial charge in [-0.2, -0.15) is 0 Å². The Morgan fingerprint density at radius 3 is 1.40 bits per heavy atom. The Balaban J connectivity index is 4.06. The molecule has 0 aromatic rings. The zero-order chi connectivity index (χ0) is 7.98. The molecule has 0 aliphatic rings. The van der Waals surface area contributed by atoms with Crippen LogP contribution in [0.2, 0.25) is 0 Å². The molecule has 0 aromatic heterocycles. The van der Waals surface area contributed by atoms with Crippen molar-refractivity contribution in [3.63, 3.8) is 0 Å². The molecule has 4 heteroatoms. The molecule has 0 saturated heterocycles. The van der Waals surface area contributed by atoms with Crippen LogP contribution in [0.4, 0.5) is 0 Å². The summed E-state index contributed by atoms with van der Waals surface area (Å²) in [6.45, 7) is 3.59. The van der Waals surface area contributed by atoms with E-state index in [0.717, 1.165) is 0 Å². The standard InChI is InChI=1S/C6H12N2O2/c1-5(7-9-3)6(2)8-10-4/h1-4H3/b7-5+,8-6+. The van der Waals surface area contributed by atoms with Gasteiger partial charge in [-0.3, -0.25) is 0 Å². The summed E-state index contributed by atoms with van der Waals surface area (Å²) in [6, 6.07) is 0. The van der Waals surface area contributed by atoms with Gasteiger partial charge >= 0.3 is 0 Å². The molecular weight excluding hydrogens is 132 g/mol. The maximum absolute atomic E-state index is 4.52. The Kier molecular flexibility index (Phi) is 4.28. The third-order valence-electron chi connectivity index (χ3n) is 0.980. The maximum atomic E-state index is 4.52. The number of hydrogen-bond acceptors (Lipinski definition) is 4.